The Kier molecular flexibility index (Phi) is 5.79. The van der Waals surface area contributed by atoms with E-state index < -0.39 is 0 Å². The molecule has 0 aliphatic carbocycles. The van der Waals surface area contributed by atoms with Gasteiger partial charge in [0, 0.05) is 13.1 Å². The number of benzene rings is 2. The van der Waals surface area contributed by atoms with E-state index in [4.69, 9.17) is 0 Å². The van der Waals surface area contributed by atoms with Gasteiger partial charge in [0.15, 0.2) is 0 Å². The van der Waals surface area contributed by atoms with Crippen LogP contribution in [0.3, 0.4) is 0 Å². The number of halogens is 1. The Labute approximate surface area is 132 Å². The van der Waals surface area contributed by atoms with E-state index in [1.54, 1.807) is 0 Å². The van der Waals surface area contributed by atoms with Crippen LogP contribution >= 0.6 is 12.4 Å². The van der Waals surface area contributed by atoms with E-state index in [1.807, 2.05) is 0 Å². The summed E-state index contributed by atoms with van der Waals surface area (Å²) < 4.78 is 0. The summed E-state index contributed by atoms with van der Waals surface area (Å²) in [6.45, 7) is 1.97. The summed E-state index contributed by atoms with van der Waals surface area (Å²) in [6.07, 6.45) is 5.66. The van der Waals surface area contributed by atoms with Crippen molar-refractivity contribution in [3.63, 3.8) is 0 Å². The van der Waals surface area contributed by atoms with Crippen LogP contribution in [-0.4, -0.2) is 13.1 Å². The molecule has 108 valence electrons. The SMILES string of the molecule is C(=C1/CNC/C(=C/c2ccccc2)C1)/c1ccccc1.Cl. The minimum Gasteiger partial charge on any atom is -0.309 e. The highest BCUT2D eigenvalue weighted by Crippen LogP contribution is 2.20. The Bertz CT molecular complexity index is 559. The summed E-state index contributed by atoms with van der Waals surface area (Å²) in [4.78, 5) is 0. The third-order valence-electron chi connectivity index (χ3n) is 3.50. The fourth-order valence-electron chi connectivity index (χ4n) is 2.57. The zero-order valence-corrected chi connectivity index (χ0v) is 12.8. The Balaban J connectivity index is 0.00000161. The van der Waals surface area contributed by atoms with E-state index in [0.29, 0.717) is 0 Å². The van der Waals surface area contributed by atoms with E-state index in [9.17, 15) is 0 Å². The summed E-state index contributed by atoms with van der Waals surface area (Å²) in [5.41, 5.74) is 5.46. The summed E-state index contributed by atoms with van der Waals surface area (Å²) in [5, 5.41) is 3.49. The zero-order valence-electron chi connectivity index (χ0n) is 12.0. The molecule has 21 heavy (non-hydrogen) atoms. The predicted molar refractivity (Wildman–Crippen MR) is 93.6 cm³/mol. The van der Waals surface area contributed by atoms with Gasteiger partial charge in [-0.25, -0.2) is 0 Å². The highest BCUT2D eigenvalue weighted by atomic mass is 35.5. The second-order valence-corrected chi connectivity index (χ2v) is 5.21. The lowest BCUT2D eigenvalue weighted by molar-refractivity contribution is 0.719. The molecule has 2 heteroatoms. The number of hydrogen-bond acceptors (Lipinski definition) is 1. The zero-order chi connectivity index (χ0) is 13.6. The molecule has 0 saturated carbocycles. The summed E-state index contributed by atoms with van der Waals surface area (Å²) in [6, 6.07) is 21.1. The van der Waals surface area contributed by atoms with Gasteiger partial charge in [-0.2, -0.15) is 0 Å². The van der Waals surface area contributed by atoms with Crippen LogP contribution in [0.1, 0.15) is 17.5 Å². The maximum Gasteiger partial charge on any atom is 0.0174 e. The van der Waals surface area contributed by atoms with Crippen molar-refractivity contribution in [1.82, 2.24) is 5.32 Å². The van der Waals surface area contributed by atoms with Crippen molar-refractivity contribution < 1.29 is 0 Å². The maximum atomic E-state index is 3.49. The van der Waals surface area contributed by atoms with Crippen molar-refractivity contribution in [3.05, 3.63) is 82.9 Å². The molecule has 1 heterocycles. The van der Waals surface area contributed by atoms with Crippen molar-refractivity contribution in [2.45, 2.75) is 6.42 Å². The van der Waals surface area contributed by atoms with Gasteiger partial charge in [-0.05, 0) is 17.5 Å². The van der Waals surface area contributed by atoms with E-state index >= 15 is 0 Å². The van der Waals surface area contributed by atoms with E-state index in [-0.39, 0.29) is 12.4 Å². The molecule has 0 amide bonds. The number of nitrogens with one attached hydrogen (secondary N) is 1. The number of rotatable bonds is 2. The van der Waals surface area contributed by atoms with Crippen molar-refractivity contribution in [3.8, 4) is 0 Å². The molecule has 1 fully saturated rings. The third kappa shape index (κ3) is 4.59. The molecule has 1 saturated heterocycles. The van der Waals surface area contributed by atoms with Crippen molar-refractivity contribution in [2.24, 2.45) is 0 Å². The van der Waals surface area contributed by atoms with Gasteiger partial charge in [0.05, 0.1) is 0 Å². The van der Waals surface area contributed by atoms with Gasteiger partial charge in [0.1, 0.15) is 0 Å². The van der Waals surface area contributed by atoms with Gasteiger partial charge in [-0.1, -0.05) is 84.0 Å². The molecule has 2 aromatic carbocycles. The van der Waals surface area contributed by atoms with E-state index in [1.165, 1.54) is 22.3 Å². The van der Waals surface area contributed by atoms with Crippen molar-refractivity contribution in [1.29, 1.82) is 0 Å². The second kappa shape index (κ2) is 7.82. The lowest BCUT2D eigenvalue weighted by Crippen LogP contribution is -2.25. The first-order chi connectivity index (χ1) is 9.90. The van der Waals surface area contributed by atoms with Crippen LogP contribution in [0.15, 0.2) is 71.8 Å². The highest BCUT2D eigenvalue weighted by Gasteiger charge is 2.09. The smallest absolute Gasteiger partial charge is 0.0174 e. The minimum atomic E-state index is 0. The van der Waals surface area contributed by atoms with Gasteiger partial charge in [0.25, 0.3) is 0 Å². The monoisotopic (exact) mass is 297 g/mol. The number of hydrogen-bond donors (Lipinski definition) is 1. The Hall–Kier alpha value is -1.83. The van der Waals surface area contributed by atoms with Crippen LogP contribution in [0, 0.1) is 0 Å². The second-order valence-electron chi connectivity index (χ2n) is 5.21. The third-order valence-corrected chi connectivity index (χ3v) is 3.50. The van der Waals surface area contributed by atoms with Gasteiger partial charge < -0.3 is 5.32 Å². The summed E-state index contributed by atoms with van der Waals surface area (Å²) in [7, 11) is 0. The van der Waals surface area contributed by atoms with Crippen LogP contribution in [0.4, 0.5) is 0 Å². The van der Waals surface area contributed by atoms with Crippen molar-refractivity contribution in [2.75, 3.05) is 13.1 Å². The summed E-state index contributed by atoms with van der Waals surface area (Å²) in [5.74, 6) is 0. The molecule has 0 radical (unpaired) electrons. The average molecular weight is 298 g/mol. The lowest BCUT2D eigenvalue weighted by Gasteiger charge is -2.19. The lowest BCUT2D eigenvalue weighted by atomic mass is 9.97. The maximum absolute atomic E-state index is 3.49. The van der Waals surface area contributed by atoms with Gasteiger partial charge in [-0.15, -0.1) is 12.4 Å². The first-order valence-electron chi connectivity index (χ1n) is 7.10. The Morgan fingerprint density at radius 2 is 1.10 bits per heavy atom. The summed E-state index contributed by atoms with van der Waals surface area (Å²) >= 11 is 0. The van der Waals surface area contributed by atoms with Gasteiger partial charge >= 0.3 is 0 Å². The average Bonchev–Trinajstić information content (AvgIpc) is 2.50. The fraction of sp³-hybridized carbons (Fsp3) is 0.158. The van der Waals surface area contributed by atoms with Crippen LogP contribution in [-0.2, 0) is 0 Å². The molecule has 0 spiro atoms. The normalized spacial score (nSPS) is 18.5. The molecule has 2 aromatic rings. The largest absolute Gasteiger partial charge is 0.309 e. The van der Waals surface area contributed by atoms with Crippen molar-refractivity contribution >= 4 is 24.6 Å². The number of piperidine rings is 1. The minimum absolute atomic E-state index is 0. The molecule has 3 rings (SSSR count). The standard InChI is InChI=1S/C19H19N.ClH/c1-3-7-16(8-4-1)11-18-13-19(15-20-14-18)12-17-9-5-2-6-10-17;/h1-12,20H,13-15H2;1H/b18-11-,19-12+;. The Morgan fingerprint density at radius 3 is 1.52 bits per heavy atom. The molecule has 1 aliphatic rings. The molecular weight excluding hydrogens is 278 g/mol. The highest BCUT2D eigenvalue weighted by molar-refractivity contribution is 5.85. The topological polar surface area (TPSA) is 12.0 Å². The van der Waals surface area contributed by atoms with Gasteiger partial charge in [0.2, 0.25) is 0 Å². The molecule has 0 atom stereocenters. The molecule has 1 N–H and O–H groups in total. The van der Waals surface area contributed by atoms with Crippen LogP contribution < -0.4 is 5.32 Å². The molecule has 0 bridgehead atoms. The first kappa shape index (κ1) is 15.6. The fourth-order valence-corrected chi connectivity index (χ4v) is 2.57. The van der Waals surface area contributed by atoms with Crippen LogP contribution in [0.25, 0.3) is 12.2 Å². The van der Waals surface area contributed by atoms with Crippen LogP contribution in [0.5, 0.6) is 0 Å². The predicted octanol–water partition coefficient (Wildman–Crippen LogP) is 4.57. The Morgan fingerprint density at radius 1 is 0.667 bits per heavy atom. The van der Waals surface area contributed by atoms with E-state index in [0.717, 1.165) is 19.5 Å². The van der Waals surface area contributed by atoms with Crippen LogP contribution in [0.2, 0.25) is 0 Å². The molecule has 1 aliphatic heterocycles. The first-order valence-corrected chi connectivity index (χ1v) is 7.10. The molecular formula is C19H20ClN. The molecule has 0 unspecified atom stereocenters. The van der Waals surface area contributed by atoms with E-state index in [2.05, 4.69) is 78.1 Å². The molecule has 0 aromatic heterocycles. The quantitative estimate of drug-likeness (QED) is 0.856. The molecule has 1 nitrogen and oxygen atoms in total. The van der Waals surface area contributed by atoms with Gasteiger partial charge in [-0.3, -0.25) is 0 Å².